The Hall–Kier alpha value is -4.80. The molecule has 0 bridgehead atoms. The summed E-state index contributed by atoms with van der Waals surface area (Å²) in [6.45, 7) is 10.7. The molecule has 368 valence electrons. The number of hydrogen-bond donors (Lipinski definition) is 8. The van der Waals surface area contributed by atoms with Gasteiger partial charge in [0.15, 0.2) is 23.3 Å². The highest BCUT2D eigenvalue weighted by molar-refractivity contribution is 6.28. The first-order valence-electron chi connectivity index (χ1n) is 22.8. The van der Waals surface area contributed by atoms with E-state index in [1.165, 1.54) is 0 Å². The van der Waals surface area contributed by atoms with Gasteiger partial charge in [0.1, 0.15) is 0 Å². The maximum Gasteiger partial charge on any atom is 0.404 e. The second-order valence-corrected chi connectivity index (χ2v) is 18.7. The van der Waals surface area contributed by atoms with Crippen molar-refractivity contribution in [1.82, 2.24) is 51.2 Å². The van der Waals surface area contributed by atoms with Crippen LogP contribution in [0, 0.1) is 35.3 Å². The lowest BCUT2D eigenvalue weighted by Gasteiger charge is -2.44. The standard InChI is InChI=1S/2C21H33ClFN7O3/c2*1-12-13(2)30(9-8-29(12)3)18-16(23)17(25-20(22)26-18)27-28-19(31)15(11-24-21(32)33)10-14-6-4-5-7-14/h2*12-15,24H,4-11H2,1-3H3,(H,28,31)(H,32,33)(H,25,26,27)/t2*12-,13+,15-/m11/s1. The molecule has 0 unspecified atom stereocenters. The lowest BCUT2D eigenvalue weighted by Crippen LogP contribution is -2.56. The number of piperazine rings is 2. The number of carbonyl (C=O) groups is 4. The number of rotatable bonds is 16. The molecule has 4 fully saturated rings. The summed E-state index contributed by atoms with van der Waals surface area (Å²) in [4.78, 5) is 71.6. The van der Waals surface area contributed by atoms with Crippen molar-refractivity contribution < 1.29 is 38.2 Å². The number of nitrogens with one attached hydrogen (secondary N) is 6. The van der Waals surface area contributed by atoms with Crippen LogP contribution in [0.5, 0.6) is 0 Å². The van der Waals surface area contributed by atoms with Crippen molar-refractivity contribution in [3.63, 3.8) is 0 Å². The first-order valence-corrected chi connectivity index (χ1v) is 23.5. The van der Waals surface area contributed by atoms with Crippen LogP contribution in [0.4, 0.5) is 41.6 Å². The van der Waals surface area contributed by atoms with E-state index >= 15 is 8.78 Å². The zero-order valence-corrected chi connectivity index (χ0v) is 40.1. The summed E-state index contributed by atoms with van der Waals surface area (Å²) in [7, 11) is 4.04. The van der Waals surface area contributed by atoms with Gasteiger partial charge in [-0.2, -0.15) is 28.7 Å². The highest BCUT2D eigenvalue weighted by Crippen LogP contribution is 2.33. The van der Waals surface area contributed by atoms with Crippen molar-refractivity contribution in [3.05, 3.63) is 22.2 Å². The molecule has 2 saturated carbocycles. The summed E-state index contributed by atoms with van der Waals surface area (Å²) in [5.41, 5.74) is 10.0. The van der Waals surface area contributed by atoms with E-state index in [0.29, 0.717) is 37.8 Å². The van der Waals surface area contributed by atoms with E-state index in [1.807, 2.05) is 37.7 Å². The molecule has 2 aliphatic heterocycles. The molecule has 66 heavy (non-hydrogen) atoms. The number of hydrogen-bond acceptors (Lipinski definition) is 14. The SMILES string of the molecule is C[C@@H]1[C@H](C)N(c2nc(Cl)nc(NNC(=O)[C@@H](CNC(=O)O)CC3CCCC3)c2F)CCN1C.C[C@@H]1[C@H](C)N(c2nc(Cl)nc(NNC(=O)[C@@H](CNC(=O)O)CC3CCCC3)c2F)CCN1C. The van der Waals surface area contributed by atoms with Crippen LogP contribution in [-0.2, 0) is 9.59 Å². The number of aromatic nitrogens is 4. The monoisotopic (exact) mass is 970 g/mol. The normalized spacial score (nSPS) is 22.8. The second-order valence-electron chi connectivity index (χ2n) is 18.0. The summed E-state index contributed by atoms with van der Waals surface area (Å²) < 4.78 is 30.6. The molecule has 4 aliphatic rings. The molecule has 2 saturated heterocycles. The number of halogens is 4. The molecule has 24 heteroatoms. The molecule has 4 amide bonds. The third-order valence-electron chi connectivity index (χ3n) is 13.8. The van der Waals surface area contributed by atoms with E-state index in [9.17, 15) is 19.2 Å². The van der Waals surface area contributed by atoms with Crippen LogP contribution >= 0.6 is 23.2 Å². The first-order chi connectivity index (χ1) is 31.3. The van der Waals surface area contributed by atoms with E-state index in [1.54, 1.807) is 0 Å². The highest BCUT2D eigenvalue weighted by atomic mass is 35.5. The van der Waals surface area contributed by atoms with Crippen LogP contribution in [0.2, 0.25) is 10.6 Å². The number of anilines is 4. The van der Waals surface area contributed by atoms with Crippen molar-refractivity contribution in [1.29, 1.82) is 0 Å². The minimum absolute atomic E-state index is 0.00968. The third kappa shape index (κ3) is 14.1. The molecule has 0 spiro atoms. The van der Waals surface area contributed by atoms with Gasteiger partial charge in [0, 0.05) is 63.4 Å². The predicted octanol–water partition coefficient (Wildman–Crippen LogP) is 5.41. The van der Waals surface area contributed by atoms with E-state index in [0.717, 1.165) is 64.5 Å². The van der Waals surface area contributed by atoms with Crippen LogP contribution in [0.25, 0.3) is 0 Å². The summed E-state index contributed by atoms with van der Waals surface area (Å²) in [6.07, 6.45) is 7.25. The summed E-state index contributed by atoms with van der Waals surface area (Å²) in [6, 6.07) is 0.344. The fourth-order valence-electron chi connectivity index (χ4n) is 9.29. The van der Waals surface area contributed by atoms with E-state index in [-0.39, 0.29) is 71.1 Å². The summed E-state index contributed by atoms with van der Waals surface area (Å²) in [5.74, 6) is -3.04. The largest absolute Gasteiger partial charge is 0.465 e. The average molecular weight is 972 g/mol. The van der Waals surface area contributed by atoms with E-state index < -0.39 is 47.5 Å². The number of nitrogens with zero attached hydrogens (tertiary/aromatic N) is 8. The van der Waals surface area contributed by atoms with Crippen LogP contribution in [0.15, 0.2) is 0 Å². The van der Waals surface area contributed by atoms with Crippen LogP contribution < -0.4 is 42.1 Å². The van der Waals surface area contributed by atoms with Crippen molar-refractivity contribution in [2.24, 2.45) is 23.7 Å². The first kappa shape index (κ1) is 52.2. The van der Waals surface area contributed by atoms with Crippen LogP contribution in [0.1, 0.15) is 91.9 Å². The van der Waals surface area contributed by atoms with Gasteiger partial charge in [-0.3, -0.25) is 41.1 Å². The van der Waals surface area contributed by atoms with Gasteiger partial charge < -0.3 is 30.6 Å². The van der Waals surface area contributed by atoms with Gasteiger partial charge >= 0.3 is 12.2 Å². The third-order valence-corrected chi connectivity index (χ3v) is 14.2. The van der Waals surface area contributed by atoms with Gasteiger partial charge in [0.05, 0.1) is 11.8 Å². The highest BCUT2D eigenvalue weighted by Gasteiger charge is 2.35. The molecule has 2 aromatic heterocycles. The van der Waals surface area contributed by atoms with Crippen molar-refractivity contribution in [3.8, 4) is 0 Å². The lowest BCUT2D eigenvalue weighted by atomic mass is 9.92. The smallest absolute Gasteiger partial charge is 0.404 e. The van der Waals surface area contributed by atoms with Gasteiger partial charge in [-0.25, -0.2) is 9.59 Å². The Bertz CT molecular complexity index is 1850. The number of carbonyl (C=O) groups excluding carboxylic acids is 2. The minimum Gasteiger partial charge on any atom is -0.465 e. The predicted molar refractivity (Wildman–Crippen MR) is 248 cm³/mol. The second kappa shape index (κ2) is 24.3. The van der Waals surface area contributed by atoms with Gasteiger partial charge in [-0.15, -0.1) is 0 Å². The average Bonchev–Trinajstić information content (AvgIpc) is 4.00. The maximum absolute atomic E-state index is 15.3. The zero-order valence-electron chi connectivity index (χ0n) is 38.5. The Kier molecular flexibility index (Phi) is 19.2. The molecule has 0 aromatic carbocycles. The van der Waals surface area contributed by atoms with Gasteiger partial charge in [-0.05, 0) is 89.7 Å². The Morgan fingerprint density at radius 1 is 0.606 bits per heavy atom. The quantitative estimate of drug-likeness (QED) is 0.0774. The molecule has 2 aliphatic carbocycles. The Morgan fingerprint density at radius 2 is 0.955 bits per heavy atom. The fraction of sp³-hybridized carbons (Fsp3) is 0.714. The van der Waals surface area contributed by atoms with Crippen LogP contribution in [-0.4, -0.2) is 141 Å². The summed E-state index contributed by atoms with van der Waals surface area (Å²) in [5, 5.41) is 22.2. The lowest BCUT2D eigenvalue weighted by molar-refractivity contribution is -0.125. The van der Waals surface area contributed by atoms with Gasteiger partial charge in [0.2, 0.25) is 34.0 Å². The molecule has 6 rings (SSSR count). The molecular formula is C42H66Cl2F2N14O6. The molecule has 0 radical (unpaired) electrons. The fourth-order valence-corrected chi connectivity index (χ4v) is 9.62. The summed E-state index contributed by atoms with van der Waals surface area (Å²) >= 11 is 12.2. The Morgan fingerprint density at radius 3 is 1.29 bits per heavy atom. The van der Waals surface area contributed by atoms with Gasteiger partial charge in [0.25, 0.3) is 0 Å². The Balaban J connectivity index is 0.000000247. The van der Waals surface area contributed by atoms with Crippen molar-refractivity contribution in [2.45, 2.75) is 116 Å². The molecule has 6 atom stereocenters. The number of carboxylic acid groups (broad SMARTS) is 2. The molecule has 2 aromatic rings. The van der Waals surface area contributed by atoms with Crippen molar-refractivity contribution in [2.75, 3.05) is 74.0 Å². The molecule has 20 nitrogen and oxygen atoms in total. The van der Waals surface area contributed by atoms with E-state index in [2.05, 4.69) is 75.9 Å². The molecule has 8 N–H and O–H groups in total. The minimum atomic E-state index is -1.19. The van der Waals surface area contributed by atoms with E-state index in [4.69, 9.17) is 33.4 Å². The molecular weight excluding hydrogens is 905 g/mol. The van der Waals surface area contributed by atoms with Crippen molar-refractivity contribution >= 4 is 70.5 Å². The Labute approximate surface area is 394 Å². The maximum atomic E-state index is 15.3. The van der Waals surface area contributed by atoms with Gasteiger partial charge in [-0.1, -0.05) is 51.4 Å². The van der Waals surface area contributed by atoms with Crippen LogP contribution in [0.3, 0.4) is 0 Å². The number of likely N-dealkylation sites (N-methyl/N-ethyl adjacent to an activating group) is 2. The number of amides is 4. The number of hydrazine groups is 2. The molecule has 4 heterocycles. The zero-order chi connectivity index (χ0) is 48.2. The topological polar surface area (TPSA) is 245 Å².